The molecule has 1 fully saturated rings. The van der Waals surface area contributed by atoms with E-state index in [1.807, 2.05) is 26.0 Å². The zero-order valence-corrected chi connectivity index (χ0v) is 12.6. The lowest BCUT2D eigenvalue weighted by Gasteiger charge is -2.34. The van der Waals surface area contributed by atoms with Crippen LogP contribution in [-0.4, -0.2) is 41.6 Å². The van der Waals surface area contributed by atoms with Gasteiger partial charge in [-0.05, 0) is 38.8 Å². The Morgan fingerprint density at radius 3 is 2.53 bits per heavy atom. The Morgan fingerprint density at radius 2 is 2.05 bits per heavy atom. The summed E-state index contributed by atoms with van der Waals surface area (Å²) in [5.41, 5.74) is 0.656. The van der Waals surface area contributed by atoms with Crippen molar-refractivity contribution in [3.63, 3.8) is 0 Å². The minimum Gasteiger partial charge on any atom is -0.345 e. The van der Waals surface area contributed by atoms with Crippen LogP contribution in [0, 0.1) is 0 Å². The van der Waals surface area contributed by atoms with Crippen LogP contribution in [0.1, 0.15) is 36.2 Å². The van der Waals surface area contributed by atoms with Crippen molar-refractivity contribution in [3.05, 3.63) is 23.0 Å². The predicted octanol–water partition coefficient (Wildman–Crippen LogP) is 2.28. The molecule has 0 saturated heterocycles. The summed E-state index contributed by atoms with van der Waals surface area (Å²) in [6.07, 6.45) is 6.15. The van der Waals surface area contributed by atoms with Gasteiger partial charge in [0.05, 0.1) is 5.02 Å². The first-order valence-electron chi connectivity index (χ1n) is 6.79. The summed E-state index contributed by atoms with van der Waals surface area (Å²) in [7, 11) is 5.75. The van der Waals surface area contributed by atoms with Crippen molar-refractivity contribution in [1.82, 2.24) is 14.8 Å². The van der Waals surface area contributed by atoms with Crippen LogP contribution in [0.15, 0.2) is 12.3 Å². The molecule has 5 heteroatoms. The van der Waals surface area contributed by atoms with Crippen molar-refractivity contribution in [3.8, 4) is 0 Å². The largest absolute Gasteiger partial charge is 0.345 e. The second-order valence-corrected chi connectivity index (χ2v) is 5.80. The fourth-order valence-electron chi connectivity index (χ4n) is 2.84. The molecule has 1 heterocycles. The van der Waals surface area contributed by atoms with Gasteiger partial charge in [0.15, 0.2) is 0 Å². The molecule has 1 aliphatic carbocycles. The summed E-state index contributed by atoms with van der Waals surface area (Å²) in [6.45, 7) is 0. The number of amides is 1. The van der Waals surface area contributed by atoms with Gasteiger partial charge in [-0.25, -0.2) is 0 Å². The lowest BCUT2D eigenvalue weighted by molar-refractivity contribution is 0.0676. The molecule has 0 spiro atoms. The number of rotatable bonds is 3. The molecule has 1 amide bonds. The Morgan fingerprint density at radius 1 is 1.42 bits per heavy atom. The Balaban J connectivity index is 2.02. The number of aryl methyl sites for hydroxylation is 1. The molecule has 0 bridgehead atoms. The zero-order chi connectivity index (χ0) is 14.0. The lowest BCUT2D eigenvalue weighted by Crippen LogP contribution is -2.43. The monoisotopic (exact) mass is 283 g/mol. The third-order valence-electron chi connectivity index (χ3n) is 4.16. The maximum Gasteiger partial charge on any atom is 0.270 e. The van der Waals surface area contributed by atoms with Gasteiger partial charge in [0, 0.05) is 32.4 Å². The highest BCUT2D eigenvalue weighted by atomic mass is 35.5. The minimum absolute atomic E-state index is 0.0577. The van der Waals surface area contributed by atoms with Gasteiger partial charge in [-0.3, -0.25) is 4.79 Å². The molecule has 1 aromatic heterocycles. The van der Waals surface area contributed by atoms with Crippen molar-refractivity contribution in [2.45, 2.75) is 37.8 Å². The van der Waals surface area contributed by atoms with E-state index in [1.165, 1.54) is 0 Å². The summed E-state index contributed by atoms with van der Waals surface area (Å²) in [6, 6.07) is 2.68. The molecular formula is C14H22ClN3O. The minimum atomic E-state index is 0.0577. The van der Waals surface area contributed by atoms with Crippen molar-refractivity contribution in [2.24, 2.45) is 7.05 Å². The van der Waals surface area contributed by atoms with Gasteiger partial charge in [0.2, 0.25) is 0 Å². The number of aromatic nitrogens is 1. The zero-order valence-electron chi connectivity index (χ0n) is 11.8. The highest BCUT2D eigenvalue weighted by Crippen LogP contribution is 2.24. The molecule has 0 unspecified atom stereocenters. The normalized spacial score (nSPS) is 23.4. The molecule has 0 aliphatic heterocycles. The van der Waals surface area contributed by atoms with E-state index in [9.17, 15) is 4.79 Å². The van der Waals surface area contributed by atoms with Crippen molar-refractivity contribution in [2.75, 3.05) is 14.1 Å². The Labute approximate surface area is 119 Å². The van der Waals surface area contributed by atoms with Crippen LogP contribution < -0.4 is 5.32 Å². The Hall–Kier alpha value is -1.00. The standard InChI is InChI=1S/C14H22ClN3O/c1-16-11-4-6-12(7-5-11)18(3)14(19)13-8-10(15)9-17(13)2/h8-9,11-12,16H,4-7H2,1-3H3. The summed E-state index contributed by atoms with van der Waals surface area (Å²) < 4.78 is 1.79. The molecule has 2 rings (SSSR count). The van der Waals surface area contributed by atoms with Crippen LogP contribution in [-0.2, 0) is 7.05 Å². The van der Waals surface area contributed by atoms with E-state index in [0.29, 0.717) is 22.8 Å². The number of carbonyl (C=O) groups is 1. The average Bonchev–Trinajstić information content (AvgIpc) is 2.76. The average molecular weight is 284 g/mol. The molecule has 19 heavy (non-hydrogen) atoms. The van der Waals surface area contributed by atoms with Gasteiger partial charge in [-0.2, -0.15) is 0 Å². The molecule has 0 aromatic carbocycles. The van der Waals surface area contributed by atoms with Crippen LogP contribution in [0.4, 0.5) is 0 Å². The van der Waals surface area contributed by atoms with Crippen molar-refractivity contribution in [1.29, 1.82) is 0 Å². The molecule has 1 aliphatic rings. The summed E-state index contributed by atoms with van der Waals surface area (Å²) in [5.74, 6) is 0.0577. The smallest absolute Gasteiger partial charge is 0.270 e. The Kier molecular flexibility index (Phi) is 4.53. The van der Waals surface area contributed by atoms with Gasteiger partial charge in [-0.15, -0.1) is 0 Å². The highest BCUT2D eigenvalue weighted by molar-refractivity contribution is 6.31. The number of hydrogen-bond acceptors (Lipinski definition) is 2. The maximum atomic E-state index is 12.5. The number of carbonyl (C=O) groups excluding carboxylic acids is 1. The van der Waals surface area contributed by atoms with Crippen LogP contribution in [0.5, 0.6) is 0 Å². The van der Waals surface area contributed by atoms with E-state index in [0.717, 1.165) is 25.7 Å². The first-order chi connectivity index (χ1) is 9.02. The molecule has 0 atom stereocenters. The second-order valence-electron chi connectivity index (χ2n) is 5.36. The van der Waals surface area contributed by atoms with Gasteiger partial charge >= 0.3 is 0 Å². The van der Waals surface area contributed by atoms with Crippen LogP contribution in [0.25, 0.3) is 0 Å². The predicted molar refractivity (Wildman–Crippen MR) is 77.6 cm³/mol. The van der Waals surface area contributed by atoms with E-state index >= 15 is 0 Å². The number of nitrogens with one attached hydrogen (secondary N) is 1. The third kappa shape index (κ3) is 3.12. The first-order valence-corrected chi connectivity index (χ1v) is 7.17. The van der Waals surface area contributed by atoms with Gasteiger partial charge < -0.3 is 14.8 Å². The summed E-state index contributed by atoms with van der Waals surface area (Å²) in [5, 5.41) is 3.92. The topological polar surface area (TPSA) is 37.3 Å². The van der Waals surface area contributed by atoms with E-state index < -0.39 is 0 Å². The van der Waals surface area contributed by atoms with Crippen LogP contribution >= 0.6 is 11.6 Å². The fraction of sp³-hybridized carbons (Fsp3) is 0.643. The first kappa shape index (κ1) is 14.4. The molecule has 1 aromatic rings. The SMILES string of the molecule is CNC1CCC(N(C)C(=O)c2cc(Cl)cn2C)CC1. The van der Waals surface area contributed by atoms with Crippen molar-refractivity contribution >= 4 is 17.5 Å². The fourth-order valence-corrected chi connectivity index (χ4v) is 3.08. The van der Waals surface area contributed by atoms with E-state index in [1.54, 1.807) is 16.8 Å². The number of nitrogens with zero attached hydrogens (tertiary/aromatic N) is 2. The third-order valence-corrected chi connectivity index (χ3v) is 4.37. The highest BCUT2D eigenvalue weighted by Gasteiger charge is 2.27. The molecule has 106 valence electrons. The van der Waals surface area contributed by atoms with Crippen molar-refractivity contribution < 1.29 is 4.79 Å². The molecule has 4 nitrogen and oxygen atoms in total. The summed E-state index contributed by atoms with van der Waals surface area (Å²) in [4.78, 5) is 14.3. The molecule has 1 N–H and O–H groups in total. The van der Waals surface area contributed by atoms with E-state index in [-0.39, 0.29) is 5.91 Å². The van der Waals surface area contributed by atoms with E-state index in [4.69, 9.17) is 11.6 Å². The lowest BCUT2D eigenvalue weighted by atomic mass is 9.90. The number of halogens is 1. The Bertz CT molecular complexity index is 450. The van der Waals surface area contributed by atoms with Crippen LogP contribution in [0.3, 0.4) is 0 Å². The van der Waals surface area contributed by atoms with E-state index in [2.05, 4.69) is 5.32 Å². The molecular weight excluding hydrogens is 262 g/mol. The molecule has 0 radical (unpaired) electrons. The molecule has 1 saturated carbocycles. The van der Waals surface area contributed by atoms with Gasteiger partial charge in [-0.1, -0.05) is 11.6 Å². The maximum absolute atomic E-state index is 12.5. The summed E-state index contributed by atoms with van der Waals surface area (Å²) >= 11 is 5.94. The second kappa shape index (κ2) is 5.97. The van der Waals surface area contributed by atoms with Crippen LogP contribution in [0.2, 0.25) is 5.02 Å². The van der Waals surface area contributed by atoms with Gasteiger partial charge in [0.25, 0.3) is 5.91 Å². The quantitative estimate of drug-likeness (QED) is 0.924. The number of hydrogen-bond donors (Lipinski definition) is 1. The van der Waals surface area contributed by atoms with Gasteiger partial charge in [0.1, 0.15) is 5.69 Å².